The lowest BCUT2D eigenvalue weighted by Crippen LogP contribution is -2.41. The second-order valence-corrected chi connectivity index (χ2v) is 7.74. The number of aryl methyl sites for hydroxylation is 2. The highest BCUT2D eigenvalue weighted by atomic mass is 16.5. The van der Waals surface area contributed by atoms with Crippen LogP contribution in [0.3, 0.4) is 0 Å². The molecule has 2 aliphatic rings. The molecule has 2 saturated heterocycles. The van der Waals surface area contributed by atoms with Crippen molar-refractivity contribution in [1.29, 1.82) is 0 Å². The number of hydrogen-bond donors (Lipinski definition) is 1. The van der Waals surface area contributed by atoms with E-state index in [0.717, 1.165) is 45.0 Å². The van der Waals surface area contributed by atoms with Gasteiger partial charge in [-0.3, -0.25) is 4.90 Å². The molecule has 2 atom stereocenters. The average molecular weight is 341 g/mol. The summed E-state index contributed by atoms with van der Waals surface area (Å²) < 4.78 is 7.64. The van der Waals surface area contributed by atoms with E-state index in [9.17, 15) is 5.11 Å². The normalized spacial score (nSPS) is 26.8. The van der Waals surface area contributed by atoms with Crippen LogP contribution in [0, 0.1) is 25.2 Å². The highest BCUT2D eigenvalue weighted by Gasteiger charge is 2.47. The number of fused-ring (bicyclic) bond motifs is 1. The number of aliphatic hydroxyl groups is 1. The van der Waals surface area contributed by atoms with Gasteiger partial charge < -0.3 is 9.84 Å². The lowest BCUT2D eigenvalue weighted by molar-refractivity contribution is -0.0417. The Labute approximate surface area is 149 Å². The second kappa shape index (κ2) is 6.56. The smallest absolute Gasteiger partial charge is 0.0695 e. The third-order valence-corrected chi connectivity index (χ3v) is 5.99. The van der Waals surface area contributed by atoms with Crippen LogP contribution in [0.1, 0.15) is 23.1 Å². The van der Waals surface area contributed by atoms with Crippen LogP contribution in [0.4, 0.5) is 0 Å². The molecule has 5 heteroatoms. The molecule has 0 radical (unpaired) electrons. The summed E-state index contributed by atoms with van der Waals surface area (Å²) in [6.07, 6.45) is 4.79. The summed E-state index contributed by atoms with van der Waals surface area (Å²) >= 11 is 0. The number of hydrogen-bond acceptors (Lipinski definition) is 4. The van der Waals surface area contributed by atoms with E-state index in [4.69, 9.17) is 4.74 Å². The number of aliphatic hydroxyl groups excluding tert-OH is 1. The van der Waals surface area contributed by atoms with Crippen molar-refractivity contribution in [1.82, 2.24) is 14.7 Å². The molecule has 0 bridgehead atoms. The van der Waals surface area contributed by atoms with Gasteiger partial charge in [0.2, 0.25) is 0 Å². The van der Waals surface area contributed by atoms with Crippen LogP contribution in [-0.4, -0.2) is 52.7 Å². The molecule has 0 unspecified atom stereocenters. The van der Waals surface area contributed by atoms with Crippen molar-refractivity contribution >= 4 is 0 Å². The SMILES string of the molecule is Cc1cc(C)c(CN2C[C@@H]3COCC[C@]3(CO)C2)c(-n2cccn2)c1. The van der Waals surface area contributed by atoms with Crippen molar-refractivity contribution in [3.63, 3.8) is 0 Å². The van der Waals surface area contributed by atoms with E-state index >= 15 is 0 Å². The summed E-state index contributed by atoms with van der Waals surface area (Å²) in [5.74, 6) is 0.435. The van der Waals surface area contributed by atoms with E-state index in [1.54, 1.807) is 0 Å². The van der Waals surface area contributed by atoms with E-state index in [1.807, 2.05) is 23.1 Å². The molecule has 0 saturated carbocycles. The monoisotopic (exact) mass is 341 g/mol. The minimum absolute atomic E-state index is 0.0166. The molecule has 4 rings (SSSR count). The standard InChI is InChI=1S/C20H27N3O2/c1-15-8-16(2)18(19(9-15)23-6-3-5-21-23)11-22-10-17-12-25-7-4-20(17,13-22)14-24/h3,5-6,8-9,17,24H,4,7,10-14H2,1-2H3/t17-,20-/m1/s1. The van der Waals surface area contributed by atoms with Crippen molar-refractivity contribution in [3.8, 4) is 5.69 Å². The van der Waals surface area contributed by atoms with Crippen LogP contribution >= 0.6 is 0 Å². The van der Waals surface area contributed by atoms with Crippen molar-refractivity contribution in [2.45, 2.75) is 26.8 Å². The predicted molar refractivity (Wildman–Crippen MR) is 96.8 cm³/mol. The van der Waals surface area contributed by atoms with Gasteiger partial charge in [0.25, 0.3) is 0 Å². The maximum atomic E-state index is 10.0. The zero-order chi connectivity index (χ0) is 17.4. The highest BCUT2D eigenvalue weighted by molar-refractivity contribution is 5.48. The van der Waals surface area contributed by atoms with Gasteiger partial charge in [0.1, 0.15) is 0 Å². The third kappa shape index (κ3) is 3.01. The van der Waals surface area contributed by atoms with Crippen molar-refractivity contribution in [2.75, 3.05) is 32.9 Å². The van der Waals surface area contributed by atoms with Crippen molar-refractivity contribution < 1.29 is 9.84 Å². The molecule has 2 fully saturated rings. The molecule has 0 aliphatic carbocycles. The first-order valence-corrected chi connectivity index (χ1v) is 9.12. The Bertz CT molecular complexity index is 744. The molecule has 3 heterocycles. The maximum absolute atomic E-state index is 10.0. The number of benzene rings is 1. The largest absolute Gasteiger partial charge is 0.396 e. The molecular weight excluding hydrogens is 314 g/mol. The summed E-state index contributed by atoms with van der Waals surface area (Å²) in [5, 5.41) is 14.5. The van der Waals surface area contributed by atoms with Gasteiger partial charge in [0.05, 0.1) is 18.9 Å². The molecule has 5 nitrogen and oxygen atoms in total. The van der Waals surface area contributed by atoms with Crippen LogP contribution in [0.25, 0.3) is 5.69 Å². The minimum atomic E-state index is 0.0166. The van der Waals surface area contributed by atoms with E-state index in [1.165, 1.54) is 16.7 Å². The third-order valence-electron chi connectivity index (χ3n) is 5.99. The maximum Gasteiger partial charge on any atom is 0.0695 e. The Morgan fingerprint density at radius 3 is 2.96 bits per heavy atom. The van der Waals surface area contributed by atoms with E-state index in [-0.39, 0.29) is 12.0 Å². The van der Waals surface area contributed by atoms with Crippen LogP contribution in [0.5, 0.6) is 0 Å². The van der Waals surface area contributed by atoms with Crippen molar-refractivity contribution in [3.05, 3.63) is 47.3 Å². The Morgan fingerprint density at radius 2 is 2.24 bits per heavy atom. The predicted octanol–water partition coefficient (Wildman–Crippen LogP) is 2.32. The lowest BCUT2D eigenvalue weighted by atomic mass is 9.75. The molecular formula is C20H27N3O2. The highest BCUT2D eigenvalue weighted by Crippen LogP contribution is 2.42. The summed E-state index contributed by atoms with van der Waals surface area (Å²) in [6.45, 7) is 8.95. The summed E-state index contributed by atoms with van der Waals surface area (Å²) in [7, 11) is 0. The molecule has 1 N–H and O–H groups in total. The Kier molecular flexibility index (Phi) is 4.40. The fourth-order valence-corrected chi connectivity index (χ4v) is 4.56. The Morgan fingerprint density at radius 1 is 1.36 bits per heavy atom. The quantitative estimate of drug-likeness (QED) is 0.927. The van der Waals surface area contributed by atoms with Gasteiger partial charge in [-0.2, -0.15) is 5.10 Å². The molecule has 1 aromatic heterocycles. The van der Waals surface area contributed by atoms with Gasteiger partial charge in [0, 0.05) is 50.0 Å². The van der Waals surface area contributed by atoms with Gasteiger partial charge in [-0.05, 0) is 49.1 Å². The first kappa shape index (κ1) is 16.8. The average Bonchev–Trinajstić information content (AvgIpc) is 3.24. The van der Waals surface area contributed by atoms with Crippen LogP contribution in [0.2, 0.25) is 0 Å². The molecule has 134 valence electrons. The zero-order valence-corrected chi connectivity index (χ0v) is 15.1. The topological polar surface area (TPSA) is 50.5 Å². The summed E-state index contributed by atoms with van der Waals surface area (Å²) in [5.41, 5.74) is 5.05. The lowest BCUT2D eigenvalue weighted by Gasteiger charge is -2.36. The second-order valence-electron chi connectivity index (χ2n) is 7.74. The fraction of sp³-hybridized carbons (Fsp3) is 0.550. The zero-order valence-electron chi connectivity index (χ0n) is 15.1. The number of nitrogens with zero attached hydrogens (tertiary/aromatic N) is 3. The van der Waals surface area contributed by atoms with E-state index < -0.39 is 0 Å². The number of likely N-dealkylation sites (tertiary alicyclic amines) is 1. The molecule has 0 amide bonds. The number of rotatable bonds is 4. The number of aromatic nitrogens is 2. The fourth-order valence-electron chi connectivity index (χ4n) is 4.56. The molecule has 2 aromatic rings. The van der Waals surface area contributed by atoms with Gasteiger partial charge in [0.15, 0.2) is 0 Å². The van der Waals surface area contributed by atoms with Gasteiger partial charge in [-0.15, -0.1) is 0 Å². The van der Waals surface area contributed by atoms with E-state index in [2.05, 4.69) is 36.0 Å². The first-order valence-electron chi connectivity index (χ1n) is 9.12. The summed E-state index contributed by atoms with van der Waals surface area (Å²) in [4.78, 5) is 2.49. The summed E-state index contributed by atoms with van der Waals surface area (Å²) in [6, 6.07) is 6.42. The molecule has 2 aliphatic heterocycles. The first-order chi connectivity index (χ1) is 12.1. The molecule has 25 heavy (non-hydrogen) atoms. The van der Waals surface area contributed by atoms with Gasteiger partial charge >= 0.3 is 0 Å². The van der Waals surface area contributed by atoms with Crippen LogP contribution < -0.4 is 0 Å². The Balaban J connectivity index is 1.63. The van der Waals surface area contributed by atoms with Gasteiger partial charge in [-0.1, -0.05) is 6.07 Å². The van der Waals surface area contributed by atoms with Gasteiger partial charge in [-0.25, -0.2) is 4.68 Å². The van der Waals surface area contributed by atoms with Crippen LogP contribution in [-0.2, 0) is 11.3 Å². The molecule has 1 aromatic carbocycles. The number of ether oxygens (including phenoxy) is 1. The Hall–Kier alpha value is -1.69. The van der Waals surface area contributed by atoms with E-state index in [0.29, 0.717) is 5.92 Å². The van der Waals surface area contributed by atoms with Crippen LogP contribution in [0.15, 0.2) is 30.6 Å². The van der Waals surface area contributed by atoms with Crippen molar-refractivity contribution in [2.24, 2.45) is 11.3 Å². The minimum Gasteiger partial charge on any atom is -0.396 e. The molecule has 0 spiro atoms.